The summed E-state index contributed by atoms with van der Waals surface area (Å²) in [6.45, 7) is 2.16. The summed E-state index contributed by atoms with van der Waals surface area (Å²) in [7, 11) is 0. The number of rotatable bonds is 10. The molecule has 3 aliphatic rings. The lowest BCUT2D eigenvalue weighted by Crippen LogP contribution is -2.47. The van der Waals surface area contributed by atoms with Crippen LogP contribution in [0.25, 0.3) is 0 Å². The van der Waals surface area contributed by atoms with Crippen molar-refractivity contribution in [3.05, 3.63) is 64.4 Å². The van der Waals surface area contributed by atoms with E-state index in [4.69, 9.17) is 17.3 Å². The highest BCUT2D eigenvalue weighted by atomic mass is 35.5. The molecule has 2 amide bonds. The van der Waals surface area contributed by atoms with Crippen molar-refractivity contribution in [3.8, 4) is 0 Å². The molecule has 0 bridgehead atoms. The van der Waals surface area contributed by atoms with Crippen molar-refractivity contribution in [1.82, 2.24) is 15.2 Å². The fourth-order valence-corrected chi connectivity index (χ4v) is 7.53. The molecule has 2 aromatic rings. The highest BCUT2D eigenvalue weighted by Crippen LogP contribution is 2.66. The number of carbonyl (C=O) groups excluding carboxylic acids is 2. The third-order valence-electron chi connectivity index (χ3n) is 8.21. The van der Waals surface area contributed by atoms with Crippen LogP contribution in [-0.2, 0) is 11.2 Å². The van der Waals surface area contributed by atoms with E-state index < -0.39 is 23.4 Å². The van der Waals surface area contributed by atoms with E-state index in [0.717, 1.165) is 31.5 Å². The van der Waals surface area contributed by atoms with Gasteiger partial charge in [0, 0.05) is 47.1 Å². The zero-order chi connectivity index (χ0) is 27.1. The summed E-state index contributed by atoms with van der Waals surface area (Å²) >= 11 is 8.17. The van der Waals surface area contributed by atoms with Gasteiger partial charge >= 0.3 is 6.18 Å². The second-order valence-electron chi connectivity index (χ2n) is 10.5. The third kappa shape index (κ3) is 5.27. The number of hydrogen-bond donors (Lipinski definition) is 2. The minimum absolute atomic E-state index is 0.0221. The largest absolute Gasteiger partial charge is 0.395 e. The molecule has 1 aliphatic carbocycles. The maximum Gasteiger partial charge on any atom is 0.395 e. The number of carbonyl (C=O) groups is 2. The molecule has 11 heteroatoms. The summed E-state index contributed by atoms with van der Waals surface area (Å²) in [5, 5.41) is 3.60. The maximum absolute atomic E-state index is 14.0. The smallest absolute Gasteiger partial charge is 0.366 e. The number of alkyl halides is 3. The molecule has 2 aliphatic heterocycles. The van der Waals surface area contributed by atoms with Gasteiger partial charge in [-0.2, -0.15) is 13.2 Å². The van der Waals surface area contributed by atoms with Crippen LogP contribution in [0.15, 0.2) is 42.7 Å². The van der Waals surface area contributed by atoms with Crippen molar-refractivity contribution >= 4 is 35.2 Å². The van der Waals surface area contributed by atoms with E-state index in [1.807, 2.05) is 0 Å². The Bertz CT molecular complexity index is 1200. The van der Waals surface area contributed by atoms with Crippen LogP contribution in [0.5, 0.6) is 0 Å². The van der Waals surface area contributed by atoms with E-state index in [9.17, 15) is 22.8 Å². The van der Waals surface area contributed by atoms with Gasteiger partial charge in [-0.05, 0) is 74.5 Å². The molecule has 3 N–H and O–H groups in total. The number of amides is 2. The van der Waals surface area contributed by atoms with E-state index in [2.05, 4.69) is 15.2 Å². The average molecular weight is 567 g/mol. The Kier molecular flexibility index (Phi) is 7.43. The molecule has 1 aromatic carbocycles. The van der Waals surface area contributed by atoms with Crippen LogP contribution in [0.4, 0.5) is 13.2 Å². The normalized spacial score (nSPS) is 25.1. The Balaban J connectivity index is 1.28. The predicted octanol–water partition coefficient (Wildman–Crippen LogP) is 4.92. The van der Waals surface area contributed by atoms with Crippen LogP contribution in [-0.4, -0.2) is 57.6 Å². The molecule has 204 valence electrons. The lowest BCUT2D eigenvalue weighted by Gasteiger charge is -2.30. The Morgan fingerprint density at radius 2 is 1.97 bits per heavy atom. The van der Waals surface area contributed by atoms with Crippen molar-refractivity contribution in [2.24, 2.45) is 11.1 Å². The highest BCUT2D eigenvalue weighted by Gasteiger charge is 2.67. The first-order valence-electron chi connectivity index (χ1n) is 12.8. The number of pyridine rings is 1. The second-order valence-corrected chi connectivity index (χ2v) is 12.4. The molecule has 1 unspecified atom stereocenters. The Labute approximate surface area is 228 Å². The Morgan fingerprint density at radius 3 is 2.55 bits per heavy atom. The summed E-state index contributed by atoms with van der Waals surface area (Å²) in [4.78, 5) is 30.7. The van der Waals surface area contributed by atoms with Crippen molar-refractivity contribution < 1.29 is 22.8 Å². The number of benzene rings is 1. The summed E-state index contributed by atoms with van der Waals surface area (Å²) in [5.41, 5.74) is 5.16. The van der Waals surface area contributed by atoms with Crippen LogP contribution in [0.1, 0.15) is 59.5 Å². The monoisotopic (exact) mass is 566 g/mol. The molecule has 1 saturated carbocycles. The first kappa shape index (κ1) is 27.3. The number of thioether (sulfide) groups is 1. The van der Waals surface area contributed by atoms with E-state index in [-0.39, 0.29) is 35.3 Å². The standard InChI is InChI=1S/C27H30ClF3N4O2S/c28-21-12-18(24(32)37)6-5-17(21)13-22-26(38-22,35-10-1-2-11-35)16-34-23(36)14-20(19-4-3-9-33-15-19)25(7-8-25)27(29,30)31/h3-6,9,12,15,20,22H,1-2,7-8,10-11,13-14,16H2,(H2,32,37)(H,34,36)/t20-,22?,26-/m1/s1. The fourth-order valence-electron chi connectivity index (χ4n) is 5.78. The Morgan fingerprint density at radius 1 is 1.24 bits per heavy atom. The third-order valence-corrected chi connectivity index (χ3v) is 10.2. The first-order valence-corrected chi connectivity index (χ1v) is 14.1. The Hall–Kier alpha value is -2.30. The molecule has 5 rings (SSSR count). The predicted molar refractivity (Wildman–Crippen MR) is 141 cm³/mol. The average Bonchev–Trinajstić information content (AvgIpc) is 3.77. The van der Waals surface area contributed by atoms with Gasteiger partial charge in [0.15, 0.2) is 0 Å². The number of aromatic nitrogens is 1. The van der Waals surface area contributed by atoms with Crippen molar-refractivity contribution in [2.75, 3.05) is 19.6 Å². The SMILES string of the molecule is NC(=O)c1ccc(CC2S[C@@]2(CNC(=O)C[C@H](c2cccnc2)C2(C(F)(F)F)CC2)N2CCCC2)c(Cl)c1. The van der Waals surface area contributed by atoms with Crippen molar-refractivity contribution in [2.45, 2.75) is 60.7 Å². The molecule has 1 aromatic heterocycles. The van der Waals surface area contributed by atoms with Gasteiger partial charge in [0.25, 0.3) is 0 Å². The second kappa shape index (κ2) is 10.4. The lowest BCUT2D eigenvalue weighted by atomic mass is 9.80. The van der Waals surface area contributed by atoms with Gasteiger partial charge in [-0.1, -0.05) is 23.7 Å². The van der Waals surface area contributed by atoms with E-state index in [0.29, 0.717) is 29.1 Å². The van der Waals surface area contributed by atoms with Crippen LogP contribution in [0.2, 0.25) is 5.02 Å². The molecule has 2 saturated heterocycles. The fraction of sp³-hybridized carbons (Fsp3) is 0.519. The number of halogens is 4. The van der Waals surface area contributed by atoms with Gasteiger partial charge in [-0.25, -0.2) is 0 Å². The minimum Gasteiger partial charge on any atom is -0.366 e. The van der Waals surface area contributed by atoms with Crippen LogP contribution in [0.3, 0.4) is 0 Å². The number of nitrogens with two attached hydrogens (primary N) is 1. The van der Waals surface area contributed by atoms with E-state index >= 15 is 0 Å². The number of hydrogen-bond acceptors (Lipinski definition) is 5. The summed E-state index contributed by atoms with van der Waals surface area (Å²) < 4.78 is 42.1. The highest BCUT2D eigenvalue weighted by molar-refractivity contribution is 8.08. The molecular weight excluding hydrogens is 537 g/mol. The molecule has 38 heavy (non-hydrogen) atoms. The van der Waals surface area contributed by atoms with Gasteiger partial charge in [0.2, 0.25) is 11.8 Å². The van der Waals surface area contributed by atoms with E-state index in [1.165, 1.54) is 12.4 Å². The molecule has 3 fully saturated rings. The number of likely N-dealkylation sites (tertiary alicyclic amines) is 1. The van der Waals surface area contributed by atoms with Gasteiger partial charge < -0.3 is 11.1 Å². The number of primary amides is 1. The van der Waals surface area contributed by atoms with Crippen molar-refractivity contribution in [3.63, 3.8) is 0 Å². The lowest BCUT2D eigenvalue weighted by molar-refractivity contribution is -0.194. The quantitative estimate of drug-likeness (QED) is 0.399. The van der Waals surface area contributed by atoms with Gasteiger partial charge in [-0.3, -0.25) is 19.5 Å². The molecule has 6 nitrogen and oxygen atoms in total. The van der Waals surface area contributed by atoms with Crippen molar-refractivity contribution in [1.29, 1.82) is 0 Å². The summed E-state index contributed by atoms with van der Waals surface area (Å²) in [6.07, 6.45) is 1.15. The zero-order valence-corrected chi connectivity index (χ0v) is 22.3. The zero-order valence-electron chi connectivity index (χ0n) is 20.8. The van der Waals surface area contributed by atoms with Gasteiger partial charge in [-0.15, -0.1) is 11.8 Å². The summed E-state index contributed by atoms with van der Waals surface area (Å²) in [5.74, 6) is -1.90. The van der Waals surface area contributed by atoms with Crippen LogP contribution < -0.4 is 11.1 Å². The molecule has 3 heterocycles. The molecule has 0 radical (unpaired) electrons. The first-order chi connectivity index (χ1) is 18.1. The van der Waals surface area contributed by atoms with Crippen LogP contribution >= 0.6 is 23.4 Å². The minimum atomic E-state index is -4.38. The van der Waals surface area contributed by atoms with E-state index in [1.54, 1.807) is 42.1 Å². The molecule has 0 spiro atoms. The number of nitrogens with one attached hydrogen (secondary N) is 1. The maximum atomic E-state index is 14.0. The summed E-state index contributed by atoms with van der Waals surface area (Å²) in [6, 6.07) is 8.27. The van der Waals surface area contributed by atoms with Gasteiger partial charge in [0.05, 0.1) is 10.3 Å². The number of nitrogens with zero attached hydrogens (tertiary/aromatic N) is 2. The van der Waals surface area contributed by atoms with Crippen LogP contribution in [0, 0.1) is 5.41 Å². The molecule has 3 atom stereocenters. The van der Waals surface area contributed by atoms with Gasteiger partial charge in [0.1, 0.15) is 0 Å². The molecular formula is C27H30ClF3N4O2S. The topological polar surface area (TPSA) is 88.3 Å².